The lowest BCUT2D eigenvalue weighted by Gasteiger charge is -2.24. The summed E-state index contributed by atoms with van der Waals surface area (Å²) in [6.45, 7) is 8.31. The van der Waals surface area contributed by atoms with Crippen LogP contribution in [0.4, 0.5) is 11.5 Å². The monoisotopic (exact) mass is 319 g/mol. The first-order chi connectivity index (χ1) is 11.0. The Bertz CT molecular complexity index is 756. The maximum Gasteiger partial charge on any atom is 0.376 e. The number of anilines is 1. The second-order valence-corrected chi connectivity index (χ2v) is 5.45. The molecule has 0 aliphatic rings. The normalized spacial score (nSPS) is 11.3. The Hall–Kier alpha value is -2.48. The first-order valence-electron chi connectivity index (χ1n) is 7.59. The highest BCUT2D eigenvalue weighted by molar-refractivity contribution is 5.59. The van der Waals surface area contributed by atoms with Crippen molar-refractivity contribution in [1.29, 1.82) is 0 Å². The average molecular weight is 319 g/mol. The van der Waals surface area contributed by atoms with Crippen molar-refractivity contribution in [2.45, 2.75) is 26.8 Å². The van der Waals surface area contributed by atoms with Gasteiger partial charge in [-0.2, -0.15) is 0 Å². The van der Waals surface area contributed by atoms with Crippen LogP contribution in [0.1, 0.15) is 20.8 Å². The molecule has 2 rings (SSSR count). The second kappa shape index (κ2) is 7.19. The van der Waals surface area contributed by atoms with Crippen LogP contribution in [-0.4, -0.2) is 44.9 Å². The molecular formula is C15H21N5O3. The van der Waals surface area contributed by atoms with Gasteiger partial charge >= 0.3 is 11.2 Å². The Morgan fingerprint density at radius 3 is 2.78 bits per heavy atom. The maximum absolute atomic E-state index is 12.3. The Morgan fingerprint density at radius 1 is 1.43 bits per heavy atom. The van der Waals surface area contributed by atoms with Crippen LogP contribution in [0.25, 0.3) is 5.65 Å². The van der Waals surface area contributed by atoms with Gasteiger partial charge in [-0.3, -0.25) is 24.2 Å². The minimum Gasteiger partial charge on any atom is -0.363 e. The molecule has 0 bridgehead atoms. The van der Waals surface area contributed by atoms with Gasteiger partial charge in [0, 0.05) is 25.3 Å². The Kier molecular flexibility index (Phi) is 5.28. The summed E-state index contributed by atoms with van der Waals surface area (Å²) in [6.07, 6.45) is 1.47. The highest BCUT2D eigenvalue weighted by Gasteiger charge is 2.23. The molecule has 2 heterocycles. The molecule has 0 radical (unpaired) electrons. The van der Waals surface area contributed by atoms with Gasteiger partial charge in [0.1, 0.15) is 5.65 Å². The smallest absolute Gasteiger partial charge is 0.363 e. The van der Waals surface area contributed by atoms with Crippen LogP contribution < -0.4 is 10.9 Å². The Morgan fingerprint density at radius 2 is 2.17 bits per heavy atom. The molecule has 0 amide bonds. The summed E-state index contributed by atoms with van der Waals surface area (Å²) in [4.78, 5) is 29.3. The van der Waals surface area contributed by atoms with E-state index in [1.807, 2.05) is 0 Å². The molecule has 0 fully saturated rings. The van der Waals surface area contributed by atoms with Gasteiger partial charge < -0.3 is 5.32 Å². The fourth-order valence-electron chi connectivity index (χ4n) is 2.47. The van der Waals surface area contributed by atoms with Crippen LogP contribution in [0.2, 0.25) is 0 Å². The van der Waals surface area contributed by atoms with E-state index < -0.39 is 16.2 Å². The number of rotatable bonds is 7. The van der Waals surface area contributed by atoms with Gasteiger partial charge in [-0.15, -0.1) is 0 Å². The van der Waals surface area contributed by atoms with Gasteiger partial charge in [-0.25, -0.2) is 4.98 Å². The third kappa shape index (κ3) is 3.65. The van der Waals surface area contributed by atoms with Crippen LogP contribution in [0.3, 0.4) is 0 Å². The molecular weight excluding hydrogens is 298 g/mol. The van der Waals surface area contributed by atoms with E-state index in [4.69, 9.17) is 0 Å². The zero-order valence-electron chi connectivity index (χ0n) is 13.5. The minimum atomic E-state index is -0.683. The number of fused-ring (bicyclic) bond motifs is 1. The fraction of sp³-hybridized carbons (Fsp3) is 0.467. The lowest BCUT2D eigenvalue weighted by atomic mass is 10.3. The number of nitrogens with one attached hydrogen (secondary N) is 1. The highest BCUT2D eigenvalue weighted by Crippen LogP contribution is 2.17. The molecule has 8 nitrogen and oxygen atoms in total. The standard InChI is InChI=1S/C15H21N5O3/c1-4-18(11(2)3)10-8-16-14-13(20(22)23)15(21)19-9-6-5-7-12(19)17-14/h5-7,9,11,16H,4,8,10H2,1-3H3. The molecule has 2 aromatic heterocycles. The molecule has 1 N–H and O–H groups in total. The van der Waals surface area contributed by atoms with Gasteiger partial charge in [0.2, 0.25) is 5.82 Å². The van der Waals surface area contributed by atoms with E-state index in [-0.39, 0.29) is 5.82 Å². The van der Waals surface area contributed by atoms with Crippen molar-refractivity contribution >= 4 is 17.2 Å². The summed E-state index contributed by atoms with van der Waals surface area (Å²) in [5, 5.41) is 14.2. The van der Waals surface area contributed by atoms with Crippen LogP contribution in [0.5, 0.6) is 0 Å². The number of hydrogen-bond donors (Lipinski definition) is 1. The number of pyridine rings is 1. The molecule has 0 saturated carbocycles. The zero-order chi connectivity index (χ0) is 17.0. The summed E-state index contributed by atoms with van der Waals surface area (Å²) < 4.78 is 1.18. The van der Waals surface area contributed by atoms with E-state index >= 15 is 0 Å². The molecule has 0 aliphatic heterocycles. The minimum absolute atomic E-state index is 0.0195. The summed E-state index contributed by atoms with van der Waals surface area (Å²) in [5.41, 5.74) is -0.831. The average Bonchev–Trinajstić information content (AvgIpc) is 2.51. The largest absolute Gasteiger partial charge is 0.376 e. The molecule has 8 heteroatoms. The van der Waals surface area contributed by atoms with Crippen LogP contribution >= 0.6 is 0 Å². The van der Waals surface area contributed by atoms with Crippen LogP contribution in [0, 0.1) is 10.1 Å². The van der Waals surface area contributed by atoms with E-state index in [1.54, 1.807) is 18.2 Å². The third-order valence-corrected chi connectivity index (χ3v) is 3.72. The van der Waals surface area contributed by atoms with Crippen LogP contribution in [0.15, 0.2) is 29.2 Å². The van der Waals surface area contributed by atoms with Gasteiger partial charge in [0.15, 0.2) is 0 Å². The molecule has 2 aromatic rings. The topological polar surface area (TPSA) is 92.8 Å². The molecule has 0 aliphatic carbocycles. The van der Waals surface area contributed by atoms with Crippen molar-refractivity contribution in [3.8, 4) is 0 Å². The van der Waals surface area contributed by atoms with Crippen molar-refractivity contribution in [1.82, 2.24) is 14.3 Å². The molecule has 0 aromatic carbocycles. The highest BCUT2D eigenvalue weighted by atomic mass is 16.6. The number of aromatic nitrogens is 2. The predicted octanol–water partition coefficient (Wildman–Crippen LogP) is 1.74. The number of hydrogen-bond acceptors (Lipinski definition) is 6. The molecule has 0 atom stereocenters. The van der Waals surface area contributed by atoms with Gasteiger partial charge in [0.05, 0.1) is 4.92 Å². The Labute approximate surface area is 133 Å². The lowest BCUT2D eigenvalue weighted by Crippen LogP contribution is -2.35. The van der Waals surface area contributed by atoms with Gasteiger partial charge in [0.25, 0.3) is 0 Å². The SMILES string of the molecule is CCN(CCNc1nc2ccccn2c(=O)c1[N+](=O)[O-])C(C)C. The van der Waals surface area contributed by atoms with E-state index in [2.05, 4.69) is 36.0 Å². The fourth-order valence-corrected chi connectivity index (χ4v) is 2.47. The van der Waals surface area contributed by atoms with Crippen molar-refractivity contribution in [2.24, 2.45) is 0 Å². The zero-order valence-corrected chi connectivity index (χ0v) is 13.5. The molecule has 23 heavy (non-hydrogen) atoms. The van der Waals surface area contributed by atoms with Gasteiger partial charge in [-0.1, -0.05) is 13.0 Å². The van der Waals surface area contributed by atoms with Gasteiger partial charge in [-0.05, 0) is 32.5 Å². The Balaban J connectivity index is 2.31. The summed E-state index contributed by atoms with van der Waals surface area (Å²) >= 11 is 0. The summed E-state index contributed by atoms with van der Waals surface area (Å²) in [5.74, 6) is 0.0195. The van der Waals surface area contributed by atoms with Crippen molar-refractivity contribution in [2.75, 3.05) is 25.0 Å². The number of nitro groups is 1. The first-order valence-corrected chi connectivity index (χ1v) is 7.59. The third-order valence-electron chi connectivity index (χ3n) is 3.72. The summed E-state index contributed by atoms with van der Waals surface area (Å²) in [6, 6.07) is 5.39. The molecule has 0 saturated heterocycles. The lowest BCUT2D eigenvalue weighted by molar-refractivity contribution is -0.385. The maximum atomic E-state index is 12.3. The quantitative estimate of drug-likeness (QED) is 0.617. The second-order valence-electron chi connectivity index (χ2n) is 5.45. The predicted molar refractivity (Wildman–Crippen MR) is 89.0 cm³/mol. The van der Waals surface area contributed by atoms with Crippen molar-refractivity contribution < 1.29 is 4.92 Å². The van der Waals surface area contributed by atoms with Crippen molar-refractivity contribution in [3.05, 3.63) is 44.9 Å². The molecule has 124 valence electrons. The molecule has 0 spiro atoms. The van der Waals surface area contributed by atoms with E-state index in [0.717, 1.165) is 6.54 Å². The van der Waals surface area contributed by atoms with E-state index in [9.17, 15) is 14.9 Å². The first kappa shape index (κ1) is 16.9. The summed E-state index contributed by atoms with van der Waals surface area (Å²) in [7, 11) is 0. The number of nitrogens with zero attached hydrogens (tertiary/aromatic N) is 4. The molecule has 0 unspecified atom stereocenters. The van der Waals surface area contributed by atoms with Crippen molar-refractivity contribution in [3.63, 3.8) is 0 Å². The number of likely N-dealkylation sites (N-methyl/N-ethyl adjacent to an activating group) is 1. The van der Waals surface area contributed by atoms with Crippen LogP contribution in [-0.2, 0) is 0 Å². The van der Waals surface area contributed by atoms with E-state index in [0.29, 0.717) is 24.8 Å². The van der Waals surface area contributed by atoms with E-state index in [1.165, 1.54) is 10.6 Å².